The van der Waals surface area contributed by atoms with Crippen molar-refractivity contribution in [3.8, 4) is 11.3 Å². The molecule has 0 fully saturated rings. The lowest BCUT2D eigenvalue weighted by molar-refractivity contribution is 0.598. The van der Waals surface area contributed by atoms with Crippen molar-refractivity contribution in [2.24, 2.45) is 5.73 Å². The molecule has 4 nitrogen and oxygen atoms in total. The highest BCUT2D eigenvalue weighted by molar-refractivity contribution is 6.35. The Morgan fingerprint density at radius 1 is 1.19 bits per heavy atom. The number of halogens is 2. The van der Waals surface area contributed by atoms with Gasteiger partial charge in [-0.25, -0.2) is 0 Å². The minimum atomic E-state index is 0.527. The van der Waals surface area contributed by atoms with E-state index in [0.717, 1.165) is 11.3 Å². The van der Waals surface area contributed by atoms with Crippen LogP contribution >= 0.6 is 23.2 Å². The van der Waals surface area contributed by atoms with E-state index in [-0.39, 0.29) is 0 Å². The molecule has 0 aliphatic heterocycles. The third kappa shape index (κ3) is 2.52. The highest BCUT2D eigenvalue weighted by Crippen LogP contribution is 2.25. The van der Waals surface area contributed by atoms with Crippen molar-refractivity contribution in [2.45, 2.75) is 6.54 Å². The first-order chi connectivity index (χ1) is 7.69. The Balaban J connectivity index is 2.34. The zero-order valence-corrected chi connectivity index (χ0v) is 9.91. The number of rotatable bonds is 3. The van der Waals surface area contributed by atoms with E-state index >= 15 is 0 Å². The summed E-state index contributed by atoms with van der Waals surface area (Å²) in [7, 11) is 0. The zero-order chi connectivity index (χ0) is 11.5. The van der Waals surface area contributed by atoms with E-state index in [1.165, 1.54) is 0 Å². The Hall–Kier alpha value is -1.10. The quantitative estimate of drug-likeness (QED) is 0.917. The van der Waals surface area contributed by atoms with Crippen LogP contribution in [-0.2, 0) is 6.54 Å². The Kier molecular flexibility index (Phi) is 3.43. The van der Waals surface area contributed by atoms with Gasteiger partial charge in [-0.05, 0) is 18.2 Å². The molecule has 2 aromatic rings. The molecule has 84 valence electrons. The van der Waals surface area contributed by atoms with Crippen molar-refractivity contribution in [1.82, 2.24) is 15.0 Å². The van der Waals surface area contributed by atoms with Gasteiger partial charge in [0.05, 0.1) is 12.7 Å². The topological polar surface area (TPSA) is 56.7 Å². The van der Waals surface area contributed by atoms with Gasteiger partial charge in [0, 0.05) is 22.2 Å². The predicted molar refractivity (Wildman–Crippen MR) is 64.5 cm³/mol. The second-order valence-electron chi connectivity index (χ2n) is 3.31. The van der Waals surface area contributed by atoms with Crippen LogP contribution in [0.4, 0.5) is 0 Å². The lowest BCUT2D eigenvalue weighted by Gasteiger charge is -1.98. The van der Waals surface area contributed by atoms with Gasteiger partial charge in [0.15, 0.2) is 0 Å². The highest BCUT2D eigenvalue weighted by Gasteiger charge is 2.05. The van der Waals surface area contributed by atoms with Crippen LogP contribution in [0.25, 0.3) is 11.3 Å². The smallest absolute Gasteiger partial charge is 0.113 e. The van der Waals surface area contributed by atoms with Gasteiger partial charge in [0.1, 0.15) is 5.69 Å². The van der Waals surface area contributed by atoms with Crippen molar-refractivity contribution in [2.75, 3.05) is 6.54 Å². The number of hydrogen-bond acceptors (Lipinski definition) is 3. The first-order valence-electron chi connectivity index (χ1n) is 4.75. The van der Waals surface area contributed by atoms with Crippen molar-refractivity contribution < 1.29 is 0 Å². The molecule has 0 aliphatic carbocycles. The number of aromatic nitrogens is 3. The van der Waals surface area contributed by atoms with Gasteiger partial charge >= 0.3 is 0 Å². The van der Waals surface area contributed by atoms with Gasteiger partial charge in [-0.2, -0.15) is 0 Å². The van der Waals surface area contributed by atoms with E-state index in [1.54, 1.807) is 22.9 Å². The lowest BCUT2D eigenvalue weighted by Crippen LogP contribution is -2.10. The number of nitrogens with zero attached hydrogens (tertiary/aromatic N) is 3. The molecule has 0 saturated heterocycles. The summed E-state index contributed by atoms with van der Waals surface area (Å²) in [5.41, 5.74) is 7.01. The Bertz CT molecular complexity index is 475. The van der Waals surface area contributed by atoms with Crippen LogP contribution in [-0.4, -0.2) is 21.5 Å². The first-order valence-corrected chi connectivity index (χ1v) is 5.51. The molecule has 1 aromatic carbocycles. The van der Waals surface area contributed by atoms with E-state index in [4.69, 9.17) is 28.9 Å². The minimum Gasteiger partial charge on any atom is -0.329 e. The molecule has 0 radical (unpaired) electrons. The first kappa shape index (κ1) is 11.4. The maximum atomic E-state index is 5.91. The summed E-state index contributed by atoms with van der Waals surface area (Å²) in [5.74, 6) is 0. The fourth-order valence-corrected chi connectivity index (χ4v) is 1.90. The molecule has 0 saturated carbocycles. The molecule has 2 rings (SSSR count). The second-order valence-corrected chi connectivity index (χ2v) is 4.19. The summed E-state index contributed by atoms with van der Waals surface area (Å²) in [4.78, 5) is 0. The molecule has 16 heavy (non-hydrogen) atoms. The van der Waals surface area contributed by atoms with Crippen molar-refractivity contribution >= 4 is 23.2 Å². The third-order valence-corrected chi connectivity index (χ3v) is 2.49. The van der Waals surface area contributed by atoms with Gasteiger partial charge in [-0.1, -0.05) is 28.4 Å². The van der Waals surface area contributed by atoms with E-state index in [2.05, 4.69) is 10.3 Å². The van der Waals surface area contributed by atoms with Crippen molar-refractivity contribution in [3.63, 3.8) is 0 Å². The summed E-state index contributed by atoms with van der Waals surface area (Å²) >= 11 is 11.8. The summed E-state index contributed by atoms with van der Waals surface area (Å²) in [6.07, 6.45) is 1.81. The minimum absolute atomic E-state index is 0.527. The molecule has 1 aromatic heterocycles. The predicted octanol–water partition coefficient (Wildman–Crippen LogP) is 2.21. The van der Waals surface area contributed by atoms with E-state index in [0.29, 0.717) is 23.1 Å². The van der Waals surface area contributed by atoms with E-state index in [1.807, 2.05) is 6.20 Å². The second kappa shape index (κ2) is 4.82. The average Bonchev–Trinajstić information content (AvgIpc) is 2.65. The number of nitrogens with two attached hydrogens (primary N) is 1. The molecule has 0 atom stereocenters. The number of hydrogen-bond donors (Lipinski definition) is 1. The van der Waals surface area contributed by atoms with Crippen LogP contribution in [0.15, 0.2) is 24.4 Å². The van der Waals surface area contributed by atoms with Crippen molar-refractivity contribution in [1.29, 1.82) is 0 Å². The highest BCUT2D eigenvalue weighted by atomic mass is 35.5. The van der Waals surface area contributed by atoms with Gasteiger partial charge in [0.25, 0.3) is 0 Å². The Labute approximate surface area is 103 Å². The Morgan fingerprint density at radius 2 is 1.88 bits per heavy atom. The van der Waals surface area contributed by atoms with E-state index < -0.39 is 0 Å². The third-order valence-electron chi connectivity index (χ3n) is 2.06. The molecule has 0 unspecified atom stereocenters. The van der Waals surface area contributed by atoms with Crippen LogP contribution in [0, 0.1) is 0 Å². The van der Waals surface area contributed by atoms with Gasteiger partial charge < -0.3 is 5.73 Å². The monoisotopic (exact) mass is 256 g/mol. The summed E-state index contributed by atoms with van der Waals surface area (Å²) in [6.45, 7) is 1.17. The summed E-state index contributed by atoms with van der Waals surface area (Å²) < 4.78 is 1.68. The standard InChI is InChI=1S/C10H10Cl2N4/c11-8-3-7(4-9(12)5-8)10-6-16(2-1-13)15-14-10/h3-6H,1-2,13H2. The van der Waals surface area contributed by atoms with Crippen LogP contribution < -0.4 is 5.73 Å². The molecule has 1 heterocycles. The summed E-state index contributed by atoms with van der Waals surface area (Å²) in [5, 5.41) is 9.13. The van der Waals surface area contributed by atoms with Gasteiger partial charge in [-0.15, -0.1) is 5.10 Å². The molecular weight excluding hydrogens is 247 g/mol. The van der Waals surface area contributed by atoms with Crippen LogP contribution in [0.3, 0.4) is 0 Å². The summed E-state index contributed by atoms with van der Waals surface area (Å²) in [6, 6.07) is 5.27. The van der Waals surface area contributed by atoms with Crippen LogP contribution in [0.1, 0.15) is 0 Å². The molecule has 0 spiro atoms. The zero-order valence-electron chi connectivity index (χ0n) is 8.40. The average molecular weight is 257 g/mol. The molecular formula is C10H10Cl2N4. The fraction of sp³-hybridized carbons (Fsp3) is 0.200. The van der Waals surface area contributed by atoms with Gasteiger partial charge in [-0.3, -0.25) is 4.68 Å². The Morgan fingerprint density at radius 3 is 2.50 bits per heavy atom. The largest absolute Gasteiger partial charge is 0.329 e. The molecule has 2 N–H and O–H groups in total. The number of benzene rings is 1. The SMILES string of the molecule is NCCn1cc(-c2cc(Cl)cc(Cl)c2)nn1. The lowest BCUT2D eigenvalue weighted by atomic mass is 10.2. The maximum absolute atomic E-state index is 5.91. The molecule has 0 amide bonds. The fourth-order valence-electron chi connectivity index (χ4n) is 1.37. The normalized spacial score (nSPS) is 10.7. The molecule has 6 heteroatoms. The van der Waals surface area contributed by atoms with Crippen LogP contribution in [0.2, 0.25) is 10.0 Å². The van der Waals surface area contributed by atoms with E-state index in [9.17, 15) is 0 Å². The molecule has 0 bridgehead atoms. The van der Waals surface area contributed by atoms with Crippen LogP contribution in [0.5, 0.6) is 0 Å². The van der Waals surface area contributed by atoms with Gasteiger partial charge in [0.2, 0.25) is 0 Å². The molecule has 0 aliphatic rings. The maximum Gasteiger partial charge on any atom is 0.113 e. The van der Waals surface area contributed by atoms with Crippen molar-refractivity contribution in [3.05, 3.63) is 34.4 Å².